The number of rotatable bonds is 6. The summed E-state index contributed by atoms with van der Waals surface area (Å²) in [4.78, 5) is 4.72. The predicted octanol–water partition coefficient (Wildman–Crippen LogP) is 13.6. The van der Waals surface area contributed by atoms with Crippen molar-refractivity contribution >= 4 is 45.7 Å². The highest BCUT2D eigenvalue weighted by Crippen LogP contribution is 2.65. The van der Waals surface area contributed by atoms with E-state index in [0.717, 1.165) is 34.1 Å². The maximum absolute atomic E-state index is 6.59. The van der Waals surface area contributed by atoms with E-state index in [4.69, 9.17) is 11.6 Å². The third-order valence-electron chi connectivity index (χ3n) is 10.7. The Labute approximate surface area is 309 Å². The van der Waals surface area contributed by atoms with Gasteiger partial charge in [-0.1, -0.05) is 145 Å². The molecule has 10 rings (SSSR count). The third kappa shape index (κ3) is 4.51. The molecule has 0 aromatic heterocycles. The van der Waals surface area contributed by atoms with Crippen LogP contribution in [0, 0.1) is 0 Å². The second kappa shape index (κ2) is 12.2. The lowest BCUT2D eigenvalue weighted by atomic mass is 9.70. The summed E-state index contributed by atoms with van der Waals surface area (Å²) in [6.07, 6.45) is 0. The lowest BCUT2D eigenvalue weighted by Gasteiger charge is -2.36. The smallest absolute Gasteiger partial charge is 0.0746 e. The molecule has 8 aromatic rings. The normalized spacial score (nSPS) is 12.9. The molecule has 0 heterocycles. The molecule has 3 heteroatoms. The van der Waals surface area contributed by atoms with Gasteiger partial charge < -0.3 is 9.80 Å². The fourth-order valence-corrected chi connectivity index (χ4v) is 8.92. The van der Waals surface area contributed by atoms with Crippen molar-refractivity contribution in [3.63, 3.8) is 0 Å². The molecule has 0 N–H and O–H groups in total. The van der Waals surface area contributed by atoms with Crippen LogP contribution < -0.4 is 9.80 Å². The number of halogens is 1. The summed E-state index contributed by atoms with van der Waals surface area (Å²) in [6.45, 7) is 0. The molecule has 2 aliphatic rings. The van der Waals surface area contributed by atoms with E-state index in [1.165, 1.54) is 44.5 Å². The molecule has 2 nitrogen and oxygen atoms in total. The van der Waals surface area contributed by atoms with Gasteiger partial charge in [0.05, 0.1) is 11.1 Å². The number of nitrogens with zero attached hydrogens (tertiary/aromatic N) is 2. The Hall–Kier alpha value is -6.35. The molecule has 0 saturated carbocycles. The third-order valence-corrected chi connectivity index (χ3v) is 10.9. The lowest BCUT2D eigenvalue weighted by molar-refractivity contribution is 0.793. The van der Waals surface area contributed by atoms with Gasteiger partial charge in [-0.3, -0.25) is 0 Å². The van der Waals surface area contributed by atoms with Crippen LogP contribution >= 0.6 is 11.6 Å². The molecule has 246 valence electrons. The van der Waals surface area contributed by atoms with Gasteiger partial charge in [-0.15, -0.1) is 0 Å². The maximum atomic E-state index is 6.59. The summed E-state index contributed by atoms with van der Waals surface area (Å²) in [5, 5.41) is 0.697. The van der Waals surface area contributed by atoms with Crippen LogP contribution in [0.4, 0.5) is 34.1 Å². The zero-order chi connectivity index (χ0) is 34.6. The quantitative estimate of drug-likeness (QED) is 0.172. The Kier molecular flexibility index (Phi) is 7.12. The molecule has 8 aromatic carbocycles. The average molecular weight is 685 g/mol. The van der Waals surface area contributed by atoms with Crippen molar-refractivity contribution in [3.8, 4) is 22.3 Å². The second-order valence-corrected chi connectivity index (χ2v) is 13.9. The first-order valence-corrected chi connectivity index (χ1v) is 18.1. The van der Waals surface area contributed by atoms with E-state index in [1.807, 2.05) is 18.2 Å². The molecule has 0 saturated heterocycles. The number of anilines is 6. The van der Waals surface area contributed by atoms with Crippen molar-refractivity contribution in [3.05, 3.63) is 227 Å². The monoisotopic (exact) mass is 684 g/mol. The maximum Gasteiger partial charge on any atom is 0.0746 e. The zero-order valence-corrected chi connectivity index (χ0v) is 29.1. The van der Waals surface area contributed by atoms with Crippen LogP contribution in [0.2, 0.25) is 5.02 Å². The first kappa shape index (κ1) is 30.5. The van der Waals surface area contributed by atoms with Gasteiger partial charge >= 0.3 is 0 Å². The summed E-state index contributed by atoms with van der Waals surface area (Å²) >= 11 is 6.59. The highest BCUT2D eigenvalue weighted by atomic mass is 35.5. The summed E-state index contributed by atoms with van der Waals surface area (Å²) in [7, 11) is 0. The summed E-state index contributed by atoms with van der Waals surface area (Å²) in [6, 6.07) is 72.0. The van der Waals surface area contributed by atoms with Crippen LogP contribution in [-0.2, 0) is 5.41 Å². The zero-order valence-electron chi connectivity index (χ0n) is 28.3. The Morgan fingerprint density at radius 3 is 1.31 bits per heavy atom. The van der Waals surface area contributed by atoms with E-state index in [-0.39, 0.29) is 0 Å². The SMILES string of the molecule is Clc1cccc(N(c2ccccc2)c2cccc(N(c3ccccc3)c3cccc4c3C3(c5ccccc5-c5ccccc53)c3ccccc3-4)c2)c1. The largest absolute Gasteiger partial charge is 0.310 e. The van der Waals surface area contributed by atoms with Gasteiger partial charge in [-0.05, 0) is 106 Å². The van der Waals surface area contributed by atoms with Gasteiger partial charge in [0.15, 0.2) is 0 Å². The number of hydrogen-bond acceptors (Lipinski definition) is 2. The van der Waals surface area contributed by atoms with E-state index in [1.54, 1.807) is 0 Å². The van der Waals surface area contributed by atoms with Gasteiger partial charge in [0.2, 0.25) is 0 Å². The molecule has 0 amide bonds. The Morgan fingerprint density at radius 2 is 0.731 bits per heavy atom. The minimum atomic E-state index is -0.489. The minimum Gasteiger partial charge on any atom is -0.310 e. The summed E-state index contributed by atoms with van der Waals surface area (Å²) in [5.74, 6) is 0. The van der Waals surface area contributed by atoms with Gasteiger partial charge in [0.25, 0.3) is 0 Å². The van der Waals surface area contributed by atoms with E-state index in [0.29, 0.717) is 5.02 Å². The van der Waals surface area contributed by atoms with Crippen LogP contribution in [0.15, 0.2) is 200 Å². The summed E-state index contributed by atoms with van der Waals surface area (Å²) < 4.78 is 0. The lowest BCUT2D eigenvalue weighted by Crippen LogP contribution is -2.28. The van der Waals surface area contributed by atoms with Crippen LogP contribution in [0.1, 0.15) is 22.3 Å². The Morgan fingerprint density at radius 1 is 0.327 bits per heavy atom. The summed E-state index contributed by atoms with van der Waals surface area (Å²) in [5.41, 5.74) is 16.3. The highest BCUT2D eigenvalue weighted by Gasteiger charge is 2.53. The first-order valence-electron chi connectivity index (χ1n) is 17.7. The Bertz CT molecular complexity index is 2550. The van der Waals surface area contributed by atoms with Crippen molar-refractivity contribution in [2.75, 3.05) is 9.80 Å². The van der Waals surface area contributed by atoms with Crippen LogP contribution in [0.5, 0.6) is 0 Å². The molecule has 1 spiro atoms. The van der Waals surface area contributed by atoms with Gasteiger partial charge in [0, 0.05) is 39.0 Å². The topological polar surface area (TPSA) is 6.48 Å². The van der Waals surface area contributed by atoms with Crippen molar-refractivity contribution in [2.24, 2.45) is 0 Å². The first-order chi connectivity index (χ1) is 25.7. The van der Waals surface area contributed by atoms with E-state index in [2.05, 4.69) is 192 Å². The molecule has 0 unspecified atom stereocenters. The second-order valence-electron chi connectivity index (χ2n) is 13.4. The molecular formula is C49H33ClN2. The fourth-order valence-electron chi connectivity index (χ4n) is 8.73. The number of benzene rings is 8. The standard InChI is InChI=1S/C49H33ClN2/c50-34-16-13-21-37(32-34)51(35-17-3-1-4-18-35)38-22-14-23-39(33-38)52(36-19-5-2-6-20-36)47-31-15-27-43-42-26-9-12-30-46(42)49(48(43)47)44-28-10-7-24-40(44)41-25-8-11-29-45(41)49/h1-33H. The minimum absolute atomic E-state index is 0.489. The Balaban J connectivity index is 1.26. The van der Waals surface area contributed by atoms with Crippen LogP contribution in [-0.4, -0.2) is 0 Å². The van der Waals surface area contributed by atoms with Crippen molar-refractivity contribution < 1.29 is 0 Å². The van der Waals surface area contributed by atoms with Gasteiger partial charge in [-0.25, -0.2) is 0 Å². The van der Waals surface area contributed by atoms with Crippen LogP contribution in [0.25, 0.3) is 22.3 Å². The molecule has 0 radical (unpaired) electrons. The van der Waals surface area contributed by atoms with E-state index in [9.17, 15) is 0 Å². The molecule has 0 bridgehead atoms. The van der Waals surface area contributed by atoms with E-state index >= 15 is 0 Å². The molecule has 0 aliphatic heterocycles. The average Bonchev–Trinajstić information content (AvgIpc) is 3.67. The number of fused-ring (bicyclic) bond motifs is 10. The molecule has 2 aliphatic carbocycles. The highest BCUT2D eigenvalue weighted by molar-refractivity contribution is 6.30. The molecule has 0 atom stereocenters. The predicted molar refractivity (Wildman–Crippen MR) is 217 cm³/mol. The van der Waals surface area contributed by atoms with Crippen molar-refractivity contribution in [1.29, 1.82) is 0 Å². The molecular weight excluding hydrogens is 652 g/mol. The molecule has 52 heavy (non-hydrogen) atoms. The van der Waals surface area contributed by atoms with Crippen molar-refractivity contribution in [1.82, 2.24) is 0 Å². The number of hydrogen-bond donors (Lipinski definition) is 0. The van der Waals surface area contributed by atoms with Gasteiger partial charge in [-0.2, -0.15) is 0 Å². The van der Waals surface area contributed by atoms with Crippen LogP contribution in [0.3, 0.4) is 0 Å². The van der Waals surface area contributed by atoms with Gasteiger partial charge in [0.1, 0.15) is 0 Å². The van der Waals surface area contributed by atoms with E-state index < -0.39 is 5.41 Å². The molecule has 0 fully saturated rings. The number of para-hydroxylation sites is 2. The van der Waals surface area contributed by atoms with Crippen molar-refractivity contribution in [2.45, 2.75) is 5.41 Å². The fraction of sp³-hybridized carbons (Fsp3) is 0.0204.